The van der Waals surface area contributed by atoms with Crippen molar-refractivity contribution in [1.82, 2.24) is 5.32 Å². The van der Waals surface area contributed by atoms with Crippen molar-refractivity contribution in [2.24, 2.45) is 0 Å². The van der Waals surface area contributed by atoms with Gasteiger partial charge >= 0.3 is 0 Å². The molecular weight excluding hydrogens is 170 g/mol. The molecule has 0 fully saturated rings. The van der Waals surface area contributed by atoms with E-state index in [0.717, 1.165) is 0 Å². The van der Waals surface area contributed by atoms with Crippen LogP contribution in [0.25, 0.3) is 0 Å². The molecule has 1 atom stereocenters. The van der Waals surface area contributed by atoms with Crippen molar-refractivity contribution in [3.8, 4) is 0 Å². The van der Waals surface area contributed by atoms with Crippen LogP contribution in [0.3, 0.4) is 0 Å². The fourth-order valence-electron chi connectivity index (χ4n) is 1.65. The van der Waals surface area contributed by atoms with Crippen LogP contribution in [-0.2, 0) is 6.42 Å². The van der Waals surface area contributed by atoms with Crippen molar-refractivity contribution in [1.29, 1.82) is 0 Å². The average Bonchev–Trinajstić information content (AvgIpc) is 2.22. The lowest BCUT2D eigenvalue weighted by molar-refractivity contribution is 0.509. The molecule has 1 heteroatoms. The molecule has 0 aliphatic carbocycles. The lowest BCUT2D eigenvalue weighted by Crippen LogP contribution is -2.24. The third kappa shape index (κ3) is 3.51. The number of hydrogen-bond acceptors (Lipinski definition) is 1. The SMILES string of the molecule is CCC(CCc1ccc(C)cc1)NC. The Morgan fingerprint density at radius 2 is 1.86 bits per heavy atom. The van der Waals surface area contributed by atoms with Gasteiger partial charge in [0.2, 0.25) is 0 Å². The van der Waals surface area contributed by atoms with Crippen molar-refractivity contribution < 1.29 is 0 Å². The Balaban J connectivity index is 2.41. The molecule has 0 aromatic heterocycles. The zero-order chi connectivity index (χ0) is 10.4. The van der Waals surface area contributed by atoms with E-state index < -0.39 is 0 Å². The second-order valence-corrected chi connectivity index (χ2v) is 3.92. The molecule has 0 heterocycles. The highest BCUT2D eigenvalue weighted by Crippen LogP contribution is 2.08. The molecule has 0 radical (unpaired) electrons. The minimum Gasteiger partial charge on any atom is -0.317 e. The summed E-state index contributed by atoms with van der Waals surface area (Å²) in [7, 11) is 2.04. The first kappa shape index (κ1) is 11.3. The van der Waals surface area contributed by atoms with E-state index in [1.807, 2.05) is 7.05 Å². The molecule has 1 N–H and O–H groups in total. The number of aryl methyl sites for hydroxylation is 2. The van der Waals surface area contributed by atoms with Gasteiger partial charge in [-0.25, -0.2) is 0 Å². The van der Waals surface area contributed by atoms with Gasteiger partial charge in [0.05, 0.1) is 0 Å². The van der Waals surface area contributed by atoms with Crippen LogP contribution in [0, 0.1) is 6.92 Å². The predicted octanol–water partition coefficient (Wildman–Crippen LogP) is 2.93. The number of benzene rings is 1. The Labute approximate surface area is 87.5 Å². The molecule has 78 valence electrons. The van der Waals surface area contributed by atoms with Gasteiger partial charge in [-0.3, -0.25) is 0 Å². The maximum Gasteiger partial charge on any atom is 0.00646 e. The van der Waals surface area contributed by atoms with Gasteiger partial charge in [-0.15, -0.1) is 0 Å². The van der Waals surface area contributed by atoms with Gasteiger partial charge in [-0.1, -0.05) is 36.8 Å². The van der Waals surface area contributed by atoms with Crippen LogP contribution in [-0.4, -0.2) is 13.1 Å². The normalized spacial score (nSPS) is 12.8. The number of hydrogen-bond donors (Lipinski definition) is 1. The summed E-state index contributed by atoms with van der Waals surface area (Å²) in [4.78, 5) is 0. The van der Waals surface area contributed by atoms with Crippen LogP contribution in [0.2, 0.25) is 0 Å². The minimum absolute atomic E-state index is 0.663. The molecule has 0 amide bonds. The third-order valence-electron chi connectivity index (χ3n) is 2.80. The summed E-state index contributed by atoms with van der Waals surface area (Å²) in [6.45, 7) is 4.36. The molecule has 0 saturated heterocycles. The van der Waals surface area contributed by atoms with Crippen molar-refractivity contribution in [2.75, 3.05) is 7.05 Å². The zero-order valence-electron chi connectivity index (χ0n) is 9.51. The lowest BCUT2D eigenvalue weighted by Gasteiger charge is -2.13. The second-order valence-electron chi connectivity index (χ2n) is 3.92. The predicted molar refractivity (Wildman–Crippen MR) is 62.6 cm³/mol. The highest BCUT2D eigenvalue weighted by Gasteiger charge is 2.02. The minimum atomic E-state index is 0.663. The Morgan fingerprint density at radius 1 is 1.21 bits per heavy atom. The summed E-state index contributed by atoms with van der Waals surface area (Å²) in [6, 6.07) is 9.51. The highest BCUT2D eigenvalue weighted by atomic mass is 14.9. The van der Waals surface area contributed by atoms with Gasteiger partial charge in [-0.05, 0) is 38.8 Å². The molecule has 1 aromatic rings. The summed E-state index contributed by atoms with van der Waals surface area (Å²) in [5, 5.41) is 3.33. The van der Waals surface area contributed by atoms with Gasteiger partial charge in [0.1, 0.15) is 0 Å². The Morgan fingerprint density at radius 3 is 2.36 bits per heavy atom. The molecular formula is C13H21N. The third-order valence-corrected chi connectivity index (χ3v) is 2.80. The van der Waals surface area contributed by atoms with Gasteiger partial charge in [0.25, 0.3) is 0 Å². The standard InChI is InChI=1S/C13H21N/c1-4-13(14-3)10-9-12-7-5-11(2)6-8-12/h5-8,13-14H,4,9-10H2,1-3H3. The topological polar surface area (TPSA) is 12.0 Å². The molecule has 1 rings (SSSR count). The van der Waals surface area contributed by atoms with Gasteiger partial charge in [0, 0.05) is 6.04 Å². The van der Waals surface area contributed by atoms with E-state index in [0.29, 0.717) is 6.04 Å². The van der Waals surface area contributed by atoms with Crippen LogP contribution in [0.1, 0.15) is 30.9 Å². The molecule has 0 saturated carbocycles. The first-order valence-corrected chi connectivity index (χ1v) is 5.49. The van der Waals surface area contributed by atoms with Gasteiger partial charge in [-0.2, -0.15) is 0 Å². The molecule has 1 nitrogen and oxygen atoms in total. The van der Waals surface area contributed by atoms with E-state index >= 15 is 0 Å². The van der Waals surface area contributed by atoms with E-state index in [1.54, 1.807) is 0 Å². The Kier molecular flexibility index (Phi) is 4.68. The van der Waals surface area contributed by atoms with E-state index in [4.69, 9.17) is 0 Å². The van der Waals surface area contributed by atoms with E-state index in [9.17, 15) is 0 Å². The fraction of sp³-hybridized carbons (Fsp3) is 0.538. The van der Waals surface area contributed by atoms with Crippen molar-refractivity contribution >= 4 is 0 Å². The van der Waals surface area contributed by atoms with E-state index in [2.05, 4.69) is 43.4 Å². The number of rotatable bonds is 5. The zero-order valence-corrected chi connectivity index (χ0v) is 9.51. The summed E-state index contributed by atoms with van der Waals surface area (Å²) in [5.74, 6) is 0. The molecule has 0 aliphatic rings. The Bertz CT molecular complexity index is 246. The molecule has 0 spiro atoms. The van der Waals surface area contributed by atoms with Crippen LogP contribution < -0.4 is 5.32 Å². The maximum absolute atomic E-state index is 3.33. The lowest BCUT2D eigenvalue weighted by atomic mass is 10.0. The molecule has 0 aliphatic heterocycles. The monoisotopic (exact) mass is 191 g/mol. The summed E-state index contributed by atoms with van der Waals surface area (Å²) < 4.78 is 0. The van der Waals surface area contributed by atoms with Crippen molar-refractivity contribution in [2.45, 2.75) is 39.2 Å². The van der Waals surface area contributed by atoms with Crippen LogP contribution in [0.15, 0.2) is 24.3 Å². The smallest absolute Gasteiger partial charge is 0.00646 e. The molecule has 14 heavy (non-hydrogen) atoms. The summed E-state index contributed by atoms with van der Waals surface area (Å²) >= 11 is 0. The number of nitrogens with one attached hydrogen (secondary N) is 1. The quantitative estimate of drug-likeness (QED) is 0.754. The summed E-state index contributed by atoms with van der Waals surface area (Å²) in [6.07, 6.45) is 3.62. The van der Waals surface area contributed by atoms with E-state index in [1.165, 1.54) is 30.4 Å². The Hall–Kier alpha value is -0.820. The summed E-state index contributed by atoms with van der Waals surface area (Å²) in [5.41, 5.74) is 2.79. The average molecular weight is 191 g/mol. The van der Waals surface area contributed by atoms with Crippen LogP contribution in [0.4, 0.5) is 0 Å². The molecule has 1 unspecified atom stereocenters. The largest absolute Gasteiger partial charge is 0.317 e. The first-order valence-electron chi connectivity index (χ1n) is 5.49. The fourth-order valence-corrected chi connectivity index (χ4v) is 1.65. The second kappa shape index (κ2) is 5.82. The van der Waals surface area contributed by atoms with E-state index in [-0.39, 0.29) is 0 Å². The first-order chi connectivity index (χ1) is 6.76. The van der Waals surface area contributed by atoms with Crippen LogP contribution >= 0.6 is 0 Å². The van der Waals surface area contributed by atoms with Crippen molar-refractivity contribution in [3.05, 3.63) is 35.4 Å². The van der Waals surface area contributed by atoms with Crippen LogP contribution in [0.5, 0.6) is 0 Å². The maximum atomic E-state index is 3.33. The van der Waals surface area contributed by atoms with Gasteiger partial charge < -0.3 is 5.32 Å². The highest BCUT2D eigenvalue weighted by molar-refractivity contribution is 5.21. The molecule has 1 aromatic carbocycles. The molecule has 0 bridgehead atoms. The van der Waals surface area contributed by atoms with Gasteiger partial charge in [0.15, 0.2) is 0 Å². The van der Waals surface area contributed by atoms with Crippen molar-refractivity contribution in [3.63, 3.8) is 0 Å².